The number of allylic oxidation sites excluding steroid dienone is 1. The van der Waals surface area contributed by atoms with Gasteiger partial charge in [0.15, 0.2) is 4.77 Å². The molecule has 1 N–H and O–H groups in total. The second-order valence-electron chi connectivity index (χ2n) is 6.35. The second-order valence-corrected chi connectivity index (χ2v) is 6.73. The maximum absolute atomic E-state index is 12.9. The number of hydrogen-bond donors (Lipinski definition) is 1. The number of benzene rings is 1. The van der Waals surface area contributed by atoms with Crippen LogP contribution in [0.2, 0.25) is 0 Å². The lowest BCUT2D eigenvalue weighted by molar-refractivity contribution is -0.0387. The van der Waals surface area contributed by atoms with Gasteiger partial charge in [0.2, 0.25) is 0 Å². The number of nitrogens with one attached hydrogen (secondary N) is 1. The van der Waals surface area contributed by atoms with Gasteiger partial charge in [-0.1, -0.05) is 6.08 Å². The number of morpholine rings is 1. The molecule has 6 nitrogen and oxygen atoms in total. The quantitative estimate of drug-likeness (QED) is 0.675. The number of ether oxygens (including phenoxy) is 1. The Bertz CT molecular complexity index is 947. The lowest BCUT2D eigenvalue weighted by Gasteiger charge is -2.36. The van der Waals surface area contributed by atoms with E-state index in [1.165, 1.54) is 4.57 Å². The van der Waals surface area contributed by atoms with Crippen molar-refractivity contribution >= 4 is 29.0 Å². The molecule has 1 fully saturated rings. The van der Waals surface area contributed by atoms with Crippen molar-refractivity contribution in [3.63, 3.8) is 0 Å². The molecule has 1 aliphatic heterocycles. The number of hydrogen-bond acceptors (Lipinski definition) is 4. The van der Waals surface area contributed by atoms with Gasteiger partial charge in [-0.05, 0) is 44.3 Å². The van der Waals surface area contributed by atoms with Gasteiger partial charge in [0.25, 0.3) is 11.5 Å². The molecule has 132 valence electrons. The Morgan fingerprint density at radius 1 is 1.48 bits per heavy atom. The van der Waals surface area contributed by atoms with E-state index in [1.54, 1.807) is 24.3 Å². The molecule has 25 heavy (non-hydrogen) atoms. The first kappa shape index (κ1) is 17.6. The largest absolute Gasteiger partial charge is 0.375 e. The van der Waals surface area contributed by atoms with Gasteiger partial charge in [-0.25, -0.2) is 0 Å². The molecule has 1 aromatic heterocycles. The fourth-order valence-electron chi connectivity index (χ4n) is 3.03. The van der Waals surface area contributed by atoms with Crippen LogP contribution in [-0.2, 0) is 11.3 Å². The first-order valence-corrected chi connectivity index (χ1v) is 8.63. The number of H-pyrrole nitrogens is 1. The Balaban J connectivity index is 2.03. The molecule has 0 spiro atoms. The van der Waals surface area contributed by atoms with Gasteiger partial charge in [0, 0.05) is 18.7 Å². The van der Waals surface area contributed by atoms with Crippen LogP contribution in [0.5, 0.6) is 0 Å². The van der Waals surface area contributed by atoms with Crippen LogP contribution in [0.3, 0.4) is 0 Å². The van der Waals surface area contributed by atoms with Gasteiger partial charge in [-0.2, -0.15) is 0 Å². The van der Waals surface area contributed by atoms with Crippen molar-refractivity contribution in [2.75, 3.05) is 13.2 Å². The fourth-order valence-corrected chi connectivity index (χ4v) is 3.30. The smallest absolute Gasteiger partial charge is 0.262 e. The Morgan fingerprint density at radius 2 is 2.24 bits per heavy atom. The molecule has 3 rings (SSSR count). The van der Waals surface area contributed by atoms with Gasteiger partial charge in [0.1, 0.15) is 0 Å². The van der Waals surface area contributed by atoms with E-state index >= 15 is 0 Å². The average Bonchev–Trinajstić information content (AvgIpc) is 2.59. The molecule has 0 bridgehead atoms. The molecule has 2 heterocycles. The van der Waals surface area contributed by atoms with Crippen LogP contribution in [0.1, 0.15) is 24.2 Å². The molecular weight excluding hydrogens is 338 g/mol. The van der Waals surface area contributed by atoms with E-state index in [9.17, 15) is 9.59 Å². The van der Waals surface area contributed by atoms with E-state index < -0.39 is 0 Å². The minimum atomic E-state index is -0.189. The molecule has 2 unspecified atom stereocenters. The lowest BCUT2D eigenvalue weighted by atomic mass is 10.1. The van der Waals surface area contributed by atoms with Crippen molar-refractivity contribution in [3.8, 4) is 0 Å². The topological polar surface area (TPSA) is 67.3 Å². The molecule has 1 aromatic carbocycles. The number of aromatic amines is 1. The van der Waals surface area contributed by atoms with Crippen molar-refractivity contribution in [2.24, 2.45) is 0 Å². The Kier molecular flexibility index (Phi) is 4.87. The van der Waals surface area contributed by atoms with Gasteiger partial charge >= 0.3 is 0 Å². The highest BCUT2D eigenvalue weighted by atomic mass is 32.1. The minimum Gasteiger partial charge on any atom is -0.375 e. The van der Waals surface area contributed by atoms with E-state index in [-0.39, 0.29) is 23.6 Å². The Labute approximate surface area is 150 Å². The van der Waals surface area contributed by atoms with Crippen molar-refractivity contribution in [2.45, 2.75) is 32.5 Å². The molecule has 0 aliphatic carbocycles. The van der Waals surface area contributed by atoms with E-state index in [0.717, 1.165) is 0 Å². The number of fused-ring (bicyclic) bond motifs is 1. The fraction of sp³-hybridized carbons (Fsp3) is 0.389. The van der Waals surface area contributed by atoms with Crippen LogP contribution in [0.15, 0.2) is 35.6 Å². The zero-order valence-electron chi connectivity index (χ0n) is 14.3. The number of rotatable bonds is 3. The molecule has 1 amide bonds. The molecule has 1 aliphatic rings. The standard InChI is InChI=1S/C18H21N3O3S/c1-4-7-20-17(23)14-6-5-13(8-15(14)19-18(20)25)16(22)21-9-12(3)24-10-11(21)2/h4-6,8,11-12H,1,7,9-10H2,2-3H3,(H,19,25). The number of carbonyl (C=O) groups is 1. The summed E-state index contributed by atoms with van der Waals surface area (Å²) in [5.41, 5.74) is 0.904. The predicted octanol–water partition coefficient (Wildman–Crippen LogP) is 2.49. The van der Waals surface area contributed by atoms with Gasteiger partial charge in [-0.15, -0.1) is 6.58 Å². The summed E-state index contributed by atoms with van der Waals surface area (Å²) in [6.07, 6.45) is 1.63. The van der Waals surface area contributed by atoms with Crippen LogP contribution >= 0.6 is 12.2 Å². The third kappa shape index (κ3) is 3.29. The van der Waals surface area contributed by atoms with Crippen molar-refractivity contribution in [3.05, 3.63) is 51.5 Å². The number of amides is 1. The summed E-state index contributed by atoms with van der Waals surface area (Å²) in [5.74, 6) is -0.0702. The van der Waals surface area contributed by atoms with Crippen LogP contribution in [-0.4, -0.2) is 45.7 Å². The molecule has 0 saturated carbocycles. The highest BCUT2D eigenvalue weighted by molar-refractivity contribution is 7.71. The summed E-state index contributed by atoms with van der Waals surface area (Å²) in [4.78, 5) is 30.3. The van der Waals surface area contributed by atoms with E-state index in [2.05, 4.69) is 11.6 Å². The molecular formula is C18H21N3O3S. The number of nitrogens with zero attached hydrogens (tertiary/aromatic N) is 2. The molecule has 2 aromatic rings. The summed E-state index contributed by atoms with van der Waals surface area (Å²) in [6.45, 7) is 8.97. The first-order chi connectivity index (χ1) is 11.9. The molecule has 0 radical (unpaired) electrons. The van der Waals surface area contributed by atoms with Gasteiger partial charge in [-0.3, -0.25) is 14.2 Å². The zero-order valence-corrected chi connectivity index (χ0v) is 15.1. The molecule has 7 heteroatoms. The van der Waals surface area contributed by atoms with Crippen LogP contribution in [0, 0.1) is 4.77 Å². The van der Waals surface area contributed by atoms with E-state index in [1.807, 2.05) is 18.7 Å². The second kappa shape index (κ2) is 6.93. The highest BCUT2D eigenvalue weighted by Crippen LogP contribution is 2.18. The normalized spacial score (nSPS) is 20.6. The third-order valence-electron chi connectivity index (χ3n) is 4.41. The third-order valence-corrected chi connectivity index (χ3v) is 4.73. The van der Waals surface area contributed by atoms with Crippen LogP contribution in [0.4, 0.5) is 0 Å². The first-order valence-electron chi connectivity index (χ1n) is 8.22. The van der Waals surface area contributed by atoms with Crippen molar-refractivity contribution < 1.29 is 9.53 Å². The summed E-state index contributed by atoms with van der Waals surface area (Å²) in [7, 11) is 0. The average molecular weight is 359 g/mol. The summed E-state index contributed by atoms with van der Waals surface area (Å²) in [5, 5.41) is 0.496. The maximum atomic E-state index is 12.9. The Morgan fingerprint density at radius 3 is 2.96 bits per heavy atom. The molecule has 1 saturated heterocycles. The zero-order chi connectivity index (χ0) is 18.1. The van der Waals surface area contributed by atoms with Crippen molar-refractivity contribution in [1.29, 1.82) is 0 Å². The summed E-state index contributed by atoms with van der Waals surface area (Å²) in [6, 6.07) is 5.07. The van der Waals surface area contributed by atoms with Crippen LogP contribution in [0.25, 0.3) is 10.9 Å². The van der Waals surface area contributed by atoms with Gasteiger partial charge in [0.05, 0.1) is 29.7 Å². The molecule has 2 atom stereocenters. The SMILES string of the molecule is C=CCn1c(=S)[nH]c2cc(C(=O)N3CC(C)OCC3C)ccc2c1=O. The maximum Gasteiger partial charge on any atom is 0.262 e. The van der Waals surface area contributed by atoms with Crippen LogP contribution < -0.4 is 5.56 Å². The monoisotopic (exact) mass is 359 g/mol. The summed E-state index contributed by atoms with van der Waals surface area (Å²) >= 11 is 5.25. The van der Waals surface area contributed by atoms with E-state index in [4.69, 9.17) is 17.0 Å². The van der Waals surface area contributed by atoms with E-state index in [0.29, 0.717) is 40.9 Å². The summed E-state index contributed by atoms with van der Waals surface area (Å²) < 4.78 is 7.34. The number of carbonyl (C=O) groups excluding carboxylic acids is 1. The Hall–Kier alpha value is -2.25. The van der Waals surface area contributed by atoms with Crippen molar-refractivity contribution in [1.82, 2.24) is 14.5 Å². The van der Waals surface area contributed by atoms with Gasteiger partial charge < -0.3 is 14.6 Å². The number of aromatic nitrogens is 2. The minimum absolute atomic E-state index is 0.0116. The lowest BCUT2D eigenvalue weighted by Crippen LogP contribution is -2.50. The predicted molar refractivity (Wildman–Crippen MR) is 99.5 cm³/mol. The highest BCUT2D eigenvalue weighted by Gasteiger charge is 2.28.